The quantitative estimate of drug-likeness (QED) is 0.751. The highest BCUT2D eigenvalue weighted by molar-refractivity contribution is 9.10. The average molecular weight is 384 g/mol. The normalized spacial score (nSPS) is 10.4. The van der Waals surface area contributed by atoms with E-state index in [0.29, 0.717) is 11.4 Å². The molecule has 24 heavy (non-hydrogen) atoms. The molecule has 2 aromatic carbocycles. The molecular formula is C18H14BrN3O2. The number of anilines is 1. The maximum atomic E-state index is 12.4. The molecule has 0 saturated carbocycles. The Labute approximate surface area is 147 Å². The van der Waals surface area contributed by atoms with Crippen molar-refractivity contribution in [2.24, 2.45) is 0 Å². The molecule has 0 unspecified atom stereocenters. The maximum absolute atomic E-state index is 12.4. The topological polar surface area (TPSA) is 64.0 Å². The SMILES string of the molecule is Cc1cc(NC(=O)c2ccc(=O)n(-c3ccccc3)n2)ccc1Br. The van der Waals surface area contributed by atoms with Crippen LogP contribution in [0.5, 0.6) is 0 Å². The molecule has 0 fully saturated rings. The molecule has 0 aliphatic carbocycles. The number of nitrogens with one attached hydrogen (secondary N) is 1. The average Bonchev–Trinajstić information content (AvgIpc) is 2.59. The number of hydrogen-bond acceptors (Lipinski definition) is 3. The standard InChI is InChI=1S/C18H14BrN3O2/c1-12-11-13(7-8-15(12)19)20-18(24)16-9-10-17(23)22(21-16)14-5-3-2-4-6-14/h2-11H,1H3,(H,20,24). The van der Waals surface area contributed by atoms with Crippen molar-refractivity contribution in [2.45, 2.75) is 6.92 Å². The van der Waals surface area contributed by atoms with Crippen LogP contribution >= 0.6 is 15.9 Å². The van der Waals surface area contributed by atoms with E-state index in [-0.39, 0.29) is 17.2 Å². The lowest BCUT2D eigenvalue weighted by Crippen LogP contribution is -2.24. The van der Waals surface area contributed by atoms with Crippen LogP contribution in [-0.2, 0) is 0 Å². The second-order valence-electron chi connectivity index (χ2n) is 5.22. The molecule has 1 heterocycles. The van der Waals surface area contributed by atoms with Gasteiger partial charge in [-0.3, -0.25) is 9.59 Å². The van der Waals surface area contributed by atoms with E-state index in [1.54, 1.807) is 30.3 Å². The van der Waals surface area contributed by atoms with Crippen LogP contribution in [0.2, 0.25) is 0 Å². The Balaban J connectivity index is 1.90. The molecule has 0 saturated heterocycles. The summed E-state index contributed by atoms with van der Waals surface area (Å²) in [6.45, 7) is 1.94. The number of carbonyl (C=O) groups excluding carboxylic acids is 1. The Hall–Kier alpha value is -2.73. The number of amides is 1. The second-order valence-corrected chi connectivity index (χ2v) is 6.08. The fourth-order valence-corrected chi connectivity index (χ4v) is 2.45. The van der Waals surface area contributed by atoms with Gasteiger partial charge in [-0.1, -0.05) is 34.1 Å². The van der Waals surface area contributed by atoms with E-state index in [2.05, 4.69) is 26.3 Å². The van der Waals surface area contributed by atoms with E-state index in [0.717, 1.165) is 10.0 Å². The molecule has 0 spiro atoms. The summed E-state index contributed by atoms with van der Waals surface area (Å²) in [6, 6.07) is 17.2. The van der Waals surface area contributed by atoms with Crippen molar-refractivity contribution >= 4 is 27.5 Å². The smallest absolute Gasteiger partial charge is 0.276 e. The van der Waals surface area contributed by atoms with Gasteiger partial charge in [-0.05, 0) is 48.9 Å². The van der Waals surface area contributed by atoms with Crippen molar-refractivity contribution < 1.29 is 4.79 Å². The van der Waals surface area contributed by atoms with Crippen LogP contribution in [0.4, 0.5) is 5.69 Å². The number of halogens is 1. The van der Waals surface area contributed by atoms with Gasteiger partial charge in [-0.15, -0.1) is 0 Å². The first-order chi connectivity index (χ1) is 11.5. The van der Waals surface area contributed by atoms with E-state index in [4.69, 9.17) is 0 Å². The van der Waals surface area contributed by atoms with Crippen LogP contribution in [0.1, 0.15) is 16.1 Å². The van der Waals surface area contributed by atoms with Gasteiger partial charge in [-0.25, -0.2) is 0 Å². The van der Waals surface area contributed by atoms with Crippen LogP contribution in [0.15, 0.2) is 69.9 Å². The molecule has 0 aliphatic heterocycles. The summed E-state index contributed by atoms with van der Waals surface area (Å²) in [7, 11) is 0. The Morgan fingerprint density at radius 3 is 2.54 bits per heavy atom. The summed E-state index contributed by atoms with van der Waals surface area (Å²) < 4.78 is 2.18. The minimum atomic E-state index is -0.374. The van der Waals surface area contributed by atoms with Crippen molar-refractivity contribution in [3.8, 4) is 5.69 Å². The predicted octanol–water partition coefficient (Wildman–Crippen LogP) is 3.56. The molecule has 6 heteroatoms. The summed E-state index contributed by atoms with van der Waals surface area (Å²) in [6.07, 6.45) is 0. The van der Waals surface area contributed by atoms with Crippen molar-refractivity contribution in [3.05, 3.63) is 86.7 Å². The van der Waals surface area contributed by atoms with E-state index in [9.17, 15) is 9.59 Å². The predicted molar refractivity (Wildman–Crippen MR) is 96.7 cm³/mol. The minimum Gasteiger partial charge on any atom is -0.321 e. The fourth-order valence-electron chi connectivity index (χ4n) is 2.20. The van der Waals surface area contributed by atoms with Gasteiger partial charge in [0.1, 0.15) is 5.69 Å². The van der Waals surface area contributed by atoms with Crippen molar-refractivity contribution in [1.29, 1.82) is 0 Å². The minimum absolute atomic E-state index is 0.166. The van der Waals surface area contributed by atoms with E-state index in [1.165, 1.54) is 16.8 Å². The zero-order valence-electron chi connectivity index (χ0n) is 12.9. The van der Waals surface area contributed by atoms with Gasteiger partial charge in [0, 0.05) is 16.2 Å². The molecule has 1 aromatic heterocycles. The molecule has 1 N–H and O–H groups in total. The van der Waals surface area contributed by atoms with E-state index in [1.807, 2.05) is 25.1 Å². The molecule has 1 amide bonds. The van der Waals surface area contributed by atoms with Crippen molar-refractivity contribution in [3.63, 3.8) is 0 Å². The van der Waals surface area contributed by atoms with Gasteiger partial charge in [0.2, 0.25) is 0 Å². The van der Waals surface area contributed by atoms with Crippen molar-refractivity contribution in [1.82, 2.24) is 9.78 Å². The molecule has 3 aromatic rings. The highest BCUT2D eigenvalue weighted by atomic mass is 79.9. The third kappa shape index (κ3) is 3.44. The summed E-state index contributed by atoms with van der Waals surface area (Å²) in [4.78, 5) is 24.4. The third-order valence-corrected chi connectivity index (χ3v) is 4.34. The lowest BCUT2D eigenvalue weighted by molar-refractivity contribution is 0.102. The molecule has 3 rings (SSSR count). The van der Waals surface area contributed by atoms with Gasteiger partial charge in [-0.2, -0.15) is 9.78 Å². The Morgan fingerprint density at radius 1 is 1.08 bits per heavy atom. The summed E-state index contributed by atoms with van der Waals surface area (Å²) in [5, 5.41) is 6.95. The summed E-state index contributed by atoms with van der Waals surface area (Å²) in [5.41, 5.74) is 2.16. The molecule has 0 bridgehead atoms. The number of para-hydroxylation sites is 1. The number of aryl methyl sites for hydroxylation is 1. The zero-order chi connectivity index (χ0) is 17.1. The van der Waals surface area contributed by atoms with Crippen LogP contribution in [-0.4, -0.2) is 15.7 Å². The molecule has 0 atom stereocenters. The Bertz CT molecular complexity index is 952. The third-order valence-electron chi connectivity index (χ3n) is 3.45. The number of benzene rings is 2. The first kappa shape index (κ1) is 16.1. The van der Waals surface area contributed by atoms with E-state index >= 15 is 0 Å². The largest absolute Gasteiger partial charge is 0.321 e. The molecule has 120 valence electrons. The monoisotopic (exact) mass is 383 g/mol. The summed E-state index contributed by atoms with van der Waals surface area (Å²) in [5.74, 6) is -0.374. The van der Waals surface area contributed by atoms with Crippen LogP contribution in [0.3, 0.4) is 0 Å². The Morgan fingerprint density at radius 2 is 1.83 bits per heavy atom. The molecule has 0 aliphatic rings. The molecule has 5 nitrogen and oxygen atoms in total. The number of carbonyl (C=O) groups is 1. The second kappa shape index (κ2) is 6.80. The van der Waals surface area contributed by atoms with Gasteiger partial charge in [0.25, 0.3) is 11.5 Å². The summed E-state index contributed by atoms with van der Waals surface area (Å²) >= 11 is 3.42. The maximum Gasteiger partial charge on any atom is 0.276 e. The number of nitrogens with zero attached hydrogens (tertiary/aromatic N) is 2. The number of rotatable bonds is 3. The van der Waals surface area contributed by atoms with Crippen molar-refractivity contribution in [2.75, 3.05) is 5.32 Å². The highest BCUT2D eigenvalue weighted by Gasteiger charge is 2.11. The fraction of sp³-hybridized carbons (Fsp3) is 0.0556. The number of hydrogen-bond donors (Lipinski definition) is 1. The van der Waals surface area contributed by atoms with Gasteiger partial charge >= 0.3 is 0 Å². The highest BCUT2D eigenvalue weighted by Crippen LogP contribution is 2.20. The van der Waals surface area contributed by atoms with Crippen LogP contribution in [0.25, 0.3) is 5.69 Å². The lowest BCUT2D eigenvalue weighted by Gasteiger charge is -2.09. The van der Waals surface area contributed by atoms with Gasteiger partial charge in [0.15, 0.2) is 0 Å². The molecular weight excluding hydrogens is 370 g/mol. The first-order valence-corrected chi connectivity index (χ1v) is 8.07. The van der Waals surface area contributed by atoms with Crippen LogP contribution < -0.4 is 10.9 Å². The van der Waals surface area contributed by atoms with E-state index < -0.39 is 0 Å². The van der Waals surface area contributed by atoms with Gasteiger partial charge < -0.3 is 5.32 Å². The molecule has 0 radical (unpaired) electrons. The number of aromatic nitrogens is 2. The first-order valence-electron chi connectivity index (χ1n) is 7.28. The van der Waals surface area contributed by atoms with Gasteiger partial charge in [0.05, 0.1) is 5.69 Å². The zero-order valence-corrected chi connectivity index (χ0v) is 14.4. The lowest BCUT2D eigenvalue weighted by atomic mass is 10.2. The van der Waals surface area contributed by atoms with Crippen LogP contribution in [0, 0.1) is 6.92 Å². The Kier molecular flexibility index (Phi) is 4.57.